The lowest BCUT2D eigenvalue weighted by atomic mass is 10.1. The lowest BCUT2D eigenvalue weighted by Crippen LogP contribution is -3.17. The Labute approximate surface area is 121 Å². The normalized spacial score (nSPS) is 17.5. The van der Waals surface area contributed by atoms with Gasteiger partial charge in [0.05, 0.1) is 25.4 Å². The molecule has 0 saturated carbocycles. The third-order valence-corrected chi connectivity index (χ3v) is 3.95. The first-order valence-electron chi connectivity index (χ1n) is 7.59. The summed E-state index contributed by atoms with van der Waals surface area (Å²) in [6.07, 6.45) is 3.75. The molecule has 0 aromatic heterocycles. The van der Waals surface area contributed by atoms with E-state index in [0.29, 0.717) is 6.61 Å². The van der Waals surface area contributed by atoms with Gasteiger partial charge in [-0.05, 0) is 45.2 Å². The second-order valence-corrected chi connectivity index (χ2v) is 5.36. The monoisotopic (exact) mass is 277 g/mol. The molecule has 4 nitrogen and oxygen atoms in total. The topological polar surface area (TPSA) is 42.8 Å². The molecule has 1 aromatic carbocycles. The van der Waals surface area contributed by atoms with Crippen molar-refractivity contribution in [1.82, 2.24) is 0 Å². The Hall–Kier alpha value is -1.55. The van der Waals surface area contributed by atoms with Crippen LogP contribution >= 0.6 is 0 Å². The second-order valence-electron chi connectivity index (χ2n) is 5.36. The molecule has 110 valence electrons. The van der Waals surface area contributed by atoms with E-state index >= 15 is 0 Å². The van der Waals surface area contributed by atoms with E-state index in [1.54, 1.807) is 0 Å². The zero-order valence-electron chi connectivity index (χ0n) is 12.4. The highest BCUT2D eigenvalue weighted by Crippen LogP contribution is 2.23. The van der Waals surface area contributed by atoms with Crippen molar-refractivity contribution in [3.8, 4) is 5.75 Å². The fourth-order valence-electron chi connectivity index (χ4n) is 2.72. The summed E-state index contributed by atoms with van der Waals surface area (Å²) in [5.41, 5.74) is 0.766. The number of para-hydroxylation sites is 2. The van der Waals surface area contributed by atoms with Gasteiger partial charge in [0.2, 0.25) is 0 Å². The molecule has 0 spiro atoms. The van der Waals surface area contributed by atoms with Crippen LogP contribution in [0.1, 0.15) is 33.1 Å². The lowest BCUT2D eigenvalue weighted by molar-refractivity contribution is -0.918. The second kappa shape index (κ2) is 7.29. The Bertz CT molecular complexity index is 442. The van der Waals surface area contributed by atoms with Crippen molar-refractivity contribution < 1.29 is 14.4 Å². The third-order valence-electron chi connectivity index (χ3n) is 3.95. The van der Waals surface area contributed by atoms with Gasteiger partial charge in [-0.25, -0.2) is 0 Å². The minimum absolute atomic E-state index is 0.00928. The van der Waals surface area contributed by atoms with Crippen molar-refractivity contribution in [2.24, 2.45) is 0 Å². The zero-order chi connectivity index (χ0) is 14.4. The van der Waals surface area contributed by atoms with Gasteiger partial charge in [0, 0.05) is 0 Å². The van der Waals surface area contributed by atoms with Gasteiger partial charge < -0.3 is 15.0 Å². The van der Waals surface area contributed by atoms with Crippen LogP contribution in [-0.2, 0) is 4.79 Å². The first-order valence-corrected chi connectivity index (χ1v) is 7.59. The molecule has 20 heavy (non-hydrogen) atoms. The molecule has 0 radical (unpaired) electrons. The third kappa shape index (κ3) is 3.73. The van der Waals surface area contributed by atoms with Crippen LogP contribution in [0.15, 0.2) is 24.3 Å². The molecule has 1 aliphatic heterocycles. The van der Waals surface area contributed by atoms with E-state index in [1.165, 1.54) is 24.2 Å². The van der Waals surface area contributed by atoms with Crippen molar-refractivity contribution in [2.75, 3.05) is 25.0 Å². The first-order chi connectivity index (χ1) is 9.72. The number of ether oxygens (including phenoxy) is 1. The SMILES string of the molecule is CCOc1ccccc1NC(=O)[C@@H](C)[NH+]1CCCCC1. The van der Waals surface area contributed by atoms with Crippen molar-refractivity contribution in [3.05, 3.63) is 24.3 Å². The van der Waals surface area contributed by atoms with Gasteiger partial charge in [0.25, 0.3) is 5.91 Å². The van der Waals surface area contributed by atoms with E-state index in [2.05, 4.69) is 5.32 Å². The summed E-state index contributed by atoms with van der Waals surface area (Å²) < 4.78 is 5.54. The summed E-state index contributed by atoms with van der Waals surface area (Å²) >= 11 is 0. The Kier molecular flexibility index (Phi) is 5.41. The standard InChI is InChI=1S/C16H24N2O2/c1-3-20-15-10-6-5-9-14(15)17-16(19)13(2)18-11-7-4-8-12-18/h5-6,9-10,13H,3-4,7-8,11-12H2,1-2H3,(H,17,19)/p+1/t13-/m1/s1. The largest absolute Gasteiger partial charge is 0.492 e. The van der Waals surface area contributed by atoms with Gasteiger partial charge in [0.1, 0.15) is 5.75 Å². The maximum atomic E-state index is 12.4. The van der Waals surface area contributed by atoms with E-state index in [0.717, 1.165) is 24.5 Å². The van der Waals surface area contributed by atoms with E-state index in [4.69, 9.17) is 4.74 Å². The first kappa shape index (κ1) is 14.9. The number of carbonyl (C=O) groups is 1. The van der Waals surface area contributed by atoms with Crippen LogP contribution in [0.25, 0.3) is 0 Å². The maximum Gasteiger partial charge on any atom is 0.282 e. The van der Waals surface area contributed by atoms with Gasteiger partial charge in [-0.2, -0.15) is 0 Å². The highest BCUT2D eigenvalue weighted by molar-refractivity contribution is 5.94. The van der Waals surface area contributed by atoms with Crippen LogP contribution in [0.4, 0.5) is 5.69 Å². The van der Waals surface area contributed by atoms with Gasteiger partial charge in [-0.15, -0.1) is 0 Å². The Morgan fingerprint density at radius 1 is 1.30 bits per heavy atom. The number of benzene rings is 1. The number of quaternary nitrogens is 1. The van der Waals surface area contributed by atoms with Crippen LogP contribution in [0.2, 0.25) is 0 Å². The summed E-state index contributed by atoms with van der Waals surface area (Å²) in [6, 6.07) is 7.60. The average molecular weight is 277 g/mol. The number of hydrogen-bond acceptors (Lipinski definition) is 2. The Morgan fingerprint density at radius 2 is 2.00 bits per heavy atom. The summed E-state index contributed by atoms with van der Waals surface area (Å²) in [4.78, 5) is 13.8. The predicted molar refractivity (Wildman–Crippen MR) is 80.3 cm³/mol. The Balaban J connectivity index is 1.99. The molecular formula is C16H25N2O2+. The molecule has 1 fully saturated rings. The van der Waals surface area contributed by atoms with E-state index in [-0.39, 0.29) is 11.9 Å². The van der Waals surface area contributed by atoms with Crippen molar-refractivity contribution >= 4 is 11.6 Å². The van der Waals surface area contributed by atoms with Gasteiger partial charge >= 0.3 is 0 Å². The average Bonchev–Trinajstić information content (AvgIpc) is 2.49. The van der Waals surface area contributed by atoms with Crippen LogP contribution in [-0.4, -0.2) is 31.6 Å². The predicted octanol–water partition coefficient (Wildman–Crippen LogP) is 1.48. The summed E-state index contributed by atoms with van der Waals surface area (Å²) in [5.74, 6) is 0.818. The highest BCUT2D eigenvalue weighted by atomic mass is 16.5. The van der Waals surface area contributed by atoms with Gasteiger partial charge in [0.15, 0.2) is 6.04 Å². The number of piperidine rings is 1. The molecule has 2 N–H and O–H groups in total. The van der Waals surface area contributed by atoms with Crippen molar-refractivity contribution in [3.63, 3.8) is 0 Å². The fraction of sp³-hybridized carbons (Fsp3) is 0.562. The number of hydrogen-bond donors (Lipinski definition) is 2. The Morgan fingerprint density at radius 3 is 2.70 bits per heavy atom. The number of anilines is 1. The van der Waals surface area contributed by atoms with Crippen LogP contribution in [0.3, 0.4) is 0 Å². The molecule has 4 heteroatoms. The molecule has 0 bridgehead atoms. The summed E-state index contributed by atoms with van der Waals surface area (Å²) in [5, 5.41) is 3.01. The van der Waals surface area contributed by atoms with Gasteiger partial charge in [-0.3, -0.25) is 4.79 Å². The lowest BCUT2D eigenvalue weighted by Gasteiger charge is -2.28. The minimum Gasteiger partial charge on any atom is -0.492 e. The van der Waals surface area contributed by atoms with E-state index in [1.807, 2.05) is 38.1 Å². The molecule has 0 unspecified atom stereocenters. The van der Waals surface area contributed by atoms with Crippen LogP contribution in [0, 0.1) is 0 Å². The number of likely N-dealkylation sites (tertiary alicyclic amines) is 1. The summed E-state index contributed by atoms with van der Waals surface area (Å²) in [6.45, 7) is 6.75. The molecule has 1 aliphatic rings. The van der Waals surface area contributed by atoms with E-state index in [9.17, 15) is 4.79 Å². The zero-order valence-corrected chi connectivity index (χ0v) is 12.4. The maximum absolute atomic E-state index is 12.4. The molecule has 1 atom stereocenters. The van der Waals surface area contributed by atoms with Crippen molar-refractivity contribution in [2.45, 2.75) is 39.2 Å². The molecule has 1 amide bonds. The fourth-order valence-corrected chi connectivity index (χ4v) is 2.72. The minimum atomic E-state index is -0.00928. The summed E-state index contributed by atoms with van der Waals surface area (Å²) in [7, 11) is 0. The smallest absolute Gasteiger partial charge is 0.282 e. The highest BCUT2D eigenvalue weighted by Gasteiger charge is 2.26. The number of amides is 1. The van der Waals surface area contributed by atoms with Crippen LogP contribution < -0.4 is 15.0 Å². The number of nitrogens with one attached hydrogen (secondary N) is 2. The quantitative estimate of drug-likeness (QED) is 0.856. The number of carbonyl (C=O) groups excluding carboxylic acids is 1. The van der Waals surface area contributed by atoms with Crippen molar-refractivity contribution in [1.29, 1.82) is 0 Å². The molecule has 1 heterocycles. The molecule has 1 saturated heterocycles. The number of rotatable bonds is 5. The van der Waals surface area contributed by atoms with Gasteiger partial charge in [-0.1, -0.05) is 12.1 Å². The van der Waals surface area contributed by atoms with E-state index < -0.39 is 0 Å². The molecule has 2 rings (SSSR count). The molecular weight excluding hydrogens is 252 g/mol. The molecule has 0 aliphatic carbocycles. The molecule has 1 aromatic rings. The van der Waals surface area contributed by atoms with Crippen LogP contribution in [0.5, 0.6) is 5.75 Å².